The van der Waals surface area contributed by atoms with Crippen LogP contribution in [0.1, 0.15) is 27.9 Å². The summed E-state index contributed by atoms with van der Waals surface area (Å²) in [6.07, 6.45) is 3.41. The van der Waals surface area contributed by atoms with Gasteiger partial charge in [-0.1, -0.05) is 30.3 Å². The highest BCUT2D eigenvalue weighted by molar-refractivity contribution is 7.89. The molecule has 4 rings (SSSR count). The zero-order valence-corrected chi connectivity index (χ0v) is 19.0. The summed E-state index contributed by atoms with van der Waals surface area (Å²) < 4.78 is 42.2. The van der Waals surface area contributed by atoms with Gasteiger partial charge in [0.1, 0.15) is 0 Å². The Morgan fingerprint density at radius 3 is 2.78 bits per heavy atom. The highest BCUT2D eigenvalue weighted by atomic mass is 32.2. The Morgan fingerprint density at radius 1 is 1.28 bits per heavy atom. The Labute approximate surface area is 190 Å². The number of carbonyl (C=O) groups excluding carboxylic acids is 1. The smallest absolute Gasteiger partial charge is 0.282 e. The largest absolute Gasteiger partial charge is 0.332 e. The third kappa shape index (κ3) is 4.79. The van der Waals surface area contributed by atoms with Crippen molar-refractivity contribution in [2.45, 2.75) is 31.3 Å². The third-order valence-corrected chi connectivity index (χ3v) is 7.66. The number of thiophene rings is 1. The molecule has 9 heteroatoms. The van der Waals surface area contributed by atoms with Crippen LogP contribution in [-0.4, -0.2) is 30.8 Å². The van der Waals surface area contributed by atoms with Crippen LogP contribution < -0.4 is 4.72 Å². The van der Waals surface area contributed by atoms with Gasteiger partial charge in [-0.15, -0.1) is 0 Å². The maximum Gasteiger partial charge on any atom is 0.282 e. The third-order valence-electron chi connectivity index (χ3n) is 5.42. The Kier molecular flexibility index (Phi) is 6.50. The van der Waals surface area contributed by atoms with Gasteiger partial charge in [0.25, 0.3) is 5.91 Å². The van der Waals surface area contributed by atoms with E-state index >= 15 is 0 Å². The first-order valence-corrected chi connectivity index (χ1v) is 12.5. The van der Waals surface area contributed by atoms with E-state index < -0.39 is 21.8 Å². The van der Waals surface area contributed by atoms with Crippen LogP contribution in [0.2, 0.25) is 0 Å². The predicted octanol–water partition coefficient (Wildman–Crippen LogP) is 3.83. The first-order chi connectivity index (χ1) is 15.3. The number of nitrogens with one attached hydrogen (secondary N) is 1. The molecule has 0 spiro atoms. The fourth-order valence-corrected chi connectivity index (χ4v) is 5.72. The van der Waals surface area contributed by atoms with Crippen molar-refractivity contribution < 1.29 is 17.6 Å². The first-order valence-electron chi connectivity index (χ1n) is 10.0. The van der Waals surface area contributed by atoms with Gasteiger partial charge in [-0.05, 0) is 53.1 Å². The van der Waals surface area contributed by atoms with Crippen LogP contribution in [0.5, 0.6) is 0 Å². The van der Waals surface area contributed by atoms with Crippen LogP contribution in [0, 0.1) is 6.92 Å². The van der Waals surface area contributed by atoms with E-state index in [-0.39, 0.29) is 18.0 Å². The van der Waals surface area contributed by atoms with E-state index in [2.05, 4.69) is 9.71 Å². The van der Waals surface area contributed by atoms with Crippen LogP contribution >= 0.6 is 11.3 Å². The quantitative estimate of drug-likeness (QED) is 0.555. The van der Waals surface area contributed by atoms with Gasteiger partial charge in [-0.25, -0.2) is 17.5 Å². The number of halogens is 1. The molecule has 166 valence electrons. The Balaban J connectivity index is 1.51. The number of aromatic nitrogens is 1. The van der Waals surface area contributed by atoms with E-state index in [4.69, 9.17) is 0 Å². The maximum atomic E-state index is 14.6. The summed E-state index contributed by atoms with van der Waals surface area (Å²) in [6.45, 7) is 2.50. The Hall–Kier alpha value is -2.88. The van der Waals surface area contributed by atoms with Crippen LogP contribution in [0.25, 0.3) is 6.08 Å². The van der Waals surface area contributed by atoms with E-state index in [0.717, 1.165) is 22.4 Å². The van der Waals surface area contributed by atoms with E-state index in [1.165, 1.54) is 22.3 Å². The number of rotatable bonds is 6. The van der Waals surface area contributed by atoms with Gasteiger partial charge in [-0.3, -0.25) is 9.78 Å². The van der Waals surface area contributed by atoms with Gasteiger partial charge < -0.3 is 4.90 Å². The topological polar surface area (TPSA) is 79.4 Å². The molecule has 1 amide bonds. The van der Waals surface area contributed by atoms with Gasteiger partial charge >= 0.3 is 0 Å². The normalized spacial score (nSPS) is 14.3. The van der Waals surface area contributed by atoms with Crippen molar-refractivity contribution in [3.8, 4) is 0 Å². The SMILES string of the molecule is Cc1ncc2c(c1CNS(=O)(=O)c1ccsc1)CCN(C(=O)/C(F)=C/c1ccccc1)C2. The fraction of sp³-hybridized carbons (Fsp3) is 0.217. The van der Waals surface area contributed by atoms with Gasteiger partial charge in [0, 0.05) is 36.9 Å². The Morgan fingerprint density at radius 2 is 2.06 bits per heavy atom. The molecular formula is C23H22FN3O3S2. The molecule has 1 N–H and O–H groups in total. The van der Waals surface area contributed by atoms with E-state index in [1.807, 2.05) is 13.0 Å². The monoisotopic (exact) mass is 471 g/mol. The lowest BCUT2D eigenvalue weighted by molar-refractivity contribution is -0.129. The first kappa shape index (κ1) is 22.3. The molecule has 6 nitrogen and oxygen atoms in total. The van der Waals surface area contributed by atoms with Crippen LogP contribution in [0.15, 0.2) is 64.1 Å². The van der Waals surface area contributed by atoms with Crippen molar-refractivity contribution in [2.24, 2.45) is 0 Å². The minimum Gasteiger partial charge on any atom is -0.332 e. The molecule has 3 heterocycles. The van der Waals surface area contributed by atoms with Crippen LogP contribution in [0.4, 0.5) is 4.39 Å². The summed E-state index contributed by atoms with van der Waals surface area (Å²) in [5.41, 5.74) is 3.91. The second-order valence-electron chi connectivity index (χ2n) is 7.49. The summed E-state index contributed by atoms with van der Waals surface area (Å²) in [5.74, 6) is -1.48. The lowest BCUT2D eigenvalue weighted by Gasteiger charge is -2.30. The molecule has 3 aromatic rings. The second kappa shape index (κ2) is 9.32. The molecule has 0 atom stereocenters. The molecule has 0 radical (unpaired) electrons. The van der Waals surface area contributed by atoms with Crippen LogP contribution in [0.3, 0.4) is 0 Å². The van der Waals surface area contributed by atoms with Gasteiger partial charge in [0.15, 0.2) is 5.83 Å². The molecule has 0 saturated carbocycles. The molecule has 1 aromatic carbocycles. The predicted molar refractivity (Wildman–Crippen MR) is 122 cm³/mol. The van der Waals surface area contributed by atoms with Crippen molar-refractivity contribution in [1.82, 2.24) is 14.6 Å². The second-order valence-corrected chi connectivity index (χ2v) is 10.0. The number of hydrogen-bond acceptors (Lipinski definition) is 5. The summed E-state index contributed by atoms with van der Waals surface area (Å²) in [4.78, 5) is 18.7. The molecule has 32 heavy (non-hydrogen) atoms. The van der Waals surface area contributed by atoms with E-state index in [9.17, 15) is 17.6 Å². The molecule has 1 aliphatic heterocycles. The zero-order valence-electron chi connectivity index (χ0n) is 17.4. The van der Waals surface area contributed by atoms with Crippen molar-refractivity contribution >= 4 is 33.3 Å². The lowest BCUT2D eigenvalue weighted by atomic mass is 9.95. The number of carbonyl (C=O) groups is 1. The molecule has 0 saturated heterocycles. The molecule has 0 fully saturated rings. The molecule has 1 aliphatic rings. The summed E-state index contributed by atoms with van der Waals surface area (Å²) in [5, 5.41) is 3.29. The van der Waals surface area contributed by atoms with Gasteiger partial charge in [0.2, 0.25) is 10.0 Å². The molecular weight excluding hydrogens is 449 g/mol. The molecule has 0 aliphatic carbocycles. The average molecular weight is 472 g/mol. The zero-order chi connectivity index (χ0) is 22.7. The number of hydrogen-bond donors (Lipinski definition) is 1. The highest BCUT2D eigenvalue weighted by Gasteiger charge is 2.26. The van der Waals surface area contributed by atoms with Crippen LogP contribution in [-0.2, 0) is 34.3 Å². The van der Waals surface area contributed by atoms with E-state index in [1.54, 1.807) is 47.3 Å². The summed E-state index contributed by atoms with van der Waals surface area (Å²) in [6, 6.07) is 10.4. The van der Waals surface area contributed by atoms with Gasteiger partial charge in [-0.2, -0.15) is 11.3 Å². The average Bonchev–Trinajstić information content (AvgIpc) is 3.34. The molecule has 0 bridgehead atoms. The number of nitrogens with zero attached hydrogens (tertiary/aromatic N) is 2. The molecule has 2 aromatic heterocycles. The summed E-state index contributed by atoms with van der Waals surface area (Å²) in [7, 11) is -3.61. The molecule has 0 unspecified atom stereocenters. The summed E-state index contributed by atoms with van der Waals surface area (Å²) >= 11 is 1.32. The van der Waals surface area contributed by atoms with Crippen molar-refractivity contribution in [2.75, 3.05) is 6.54 Å². The minimum atomic E-state index is -3.61. The van der Waals surface area contributed by atoms with Crippen molar-refractivity contribution in [1.29, 1.82) is 0 Å². The fourth-order valence-electron chi connectivity index (χ4n) is 3.69. The number of benzene rings is 1. The van der Waals surface area contributed by atoms with Gasteiger partial charge in [0.05, 0.1) is 4.90 Å². The minimum absolute atomic E-state index is 0.108. The number of aryl methyl sites for hydroxylation is 1. The van der Waals surface area contributed by atoms with Crippen molar-refractivity contribution in [3.05, 3.63) is 87.1 Å². The number of sulfonamides is 1. The maximum absolute atomic E-state index is 14.6. The number of pyridine rings is 1. The lowest BCUT2D eigenvalue weighted by Crippen LogP contribution is -2.37. The highest BCUT2D eigenvalue weighted by Crippen LogP contribution is 2.26. The van der Waals surface area contributed by atoms with Crippen molar-refractivity contribution in [3.63, 3.8) is 0 Å². The Bertz CT molecular complexity index is 1260. The number of fused-ring (bicyclic) bond motifs is 1. The standard InChI is InChI=1S/C23H22FN3O3S2/c1-16-21(13-26-32(29,30)19-8-10-31-15-19)20-7-9-27(14-18(20)12-25-16)23(28)22(24)11-17-5-3-2-4-6-17/h2-6,8,10-12,15,26H,7,9,13-14H2,1H3/b22-11-. The van der Waals surface area contributed by atoms with E-state index in [0.29, 0.717) is 18.5 Å². The number of amides is 1.